The Morgan fingerprint density at radius 2 is 1.86 bits per heavy atom. The number of aliphatic carboxylic acids is 1. The average Bonchev–Trinajstić information content (AvgIpc) is 2.36. The molecule has 0 aromatic heterocycles. The Hall–Kier alpha value is -1.79. The number of hydrogen-bond acceptors (Lipinski definition) is 3. The molecule has 0 aromatic rings. The summed E-state index contributed by atoms with van der Waals surface area (Å²) in [6.45, 7) is 7.68. The molecule has 0 heterocycles. The number of rotatable bonds is 8. The summed E-state index contributed by atoms with van der Waals surface area (Å²) in [5.41, 5.74) is -1.32. The average molecular weight is 301 g/mol. The summed E-state index contributed by atoms with van der Waals surface area (Å²) in [5, 5.41) is 14.4. The van der Waals surface area contributed by atoms with E-state index in [2.05, 4.69) is 10.6 Å². The Kier molecular flexibility index (Phi) is 7.76. The number of carboxylic acids is 1. The summed E-state index contributed by atoms with van der Waals surface area (Å²) in [5.74, 6) is -1.03. The molecule has 1 unspecified atom stereocenters. The minimum Gasteiger partial charge on any atom is -0.480 e. The molecular weight excluding hydrogens is 274 g/mol. The molecule has 0 fully saturated rings. The monoisotopic (exact) mass is 301 g/mol. The van der Waals surface area contributed by atoms with Gasteiger partial charge in [-0.2, -0.15) is 0 Å². The quantitative estimate of drug-likeness (QED) is 0.624. The fourth-order valence-corrected chi connectivity index (χ4v) is 1.72. The van der Waals surface area contributed by atoms with Crippen molar-refractivity contribution in [3.8, 4) is 0 Å². The van der Waals surface area contributed by atoms with Gasteiger partial charge in [0.25, 0.3) is 0 Å². The molecule has 0 saturated carbocycles. The first-order chi connectivity index (χ1) is 9.62. The smallest absolute Gasteiger partial charge is 0.329 e. The lowest BCUT2D eigenvalue weighted by atomic mass is 9.96. The van der Waals surface area contributed by atoms with Crippen LogP contribution in [0.3, 0.4) is 0 Å². The van der Waals surface area contributed by atoms with Crippen LogP contribution in [0.4, 0.5) is 4.79 Å². The number of carbonyl (C=O) groups excluding carboxylic acids is 2. The number of hydrogen-bond donors (Lipinski definition) is 3. The van der Waals surface area contributed by atoms with Crippen LogP contribution < -0.4 is 10.6 Å². The normalized spacial score (nSPS) is 13.4. The maximum atomic E-state index is 12.0. The molecule has 7 nitrogen and oxygen atoms in total. The first-order valence-electron chi connectivity index (χ1n) is 7.15. The fourth-order valence-electron chi connectivity index (χ4n) is 1.72. The zero-order chi connectivity index (χ0) is 16.6. The number of likely N-dealkylation sites (N-methyl/N-ethyl adjacent to an activating group) is 1. The van der Waals surface area contributed by atoms with Crippen LogP contribution in [0.15, 0.2) is 0 Å². The Balaban J connectivity index is 4.50. The molecule has 0 aliphatic rings. The molecular formula is C14H27N3O4. The standard InChI is InChI=1S/C14H27N3O4/c1-6-7-14(4,12(19)20)16-13(21)17(5)9-11(18)15-8-10(2)3/h10H,6-9H2,1-5H3,(H,15,18)(H,16,21)(H,19,20). The van der Waals surface area contributed by atoms with Crippen molar-refractivity contribution in [2.45, 2.75) is 46.1 Å². The van der Waals surface area contributed by atoms with Gasteiger partial charge in [0, 0.05) is 13.6 Å². The van der Waals surface area contributed by atoms with Gasteiger partial charge >= 0.3 is 12.0 Å². The van der Waals surface area contributed by atoms with Crippen molar-refractivity contribution in [1.82, 2.24) is 15.5 Å². The van der Waals surface area contributed by atoms with Crippen molar-refractivity contribution in [2.75, 3.05) is 20.1 Å². The van der Waals surface area contributed by atoms with E-state index in [1.807, 2.05) is 20.8 Å². The van der Waals surface area contributed by atoms with E-state index in [1.54, 1.807) is 0 Å². The highest BCUT2D eigenvalue weighted by atomic mass is 16.4. The van der Waals surface area contributed by atoms with E-state index in [1.165, 1.54) is 18.9 Å². The van der Waals surface area contributed by atoms with E-state index in [4.69, 9.17) is 0 Å². The third kappa shape index (κ3) is 6.97. The fraction of sp³-hybridized carbons (Fsp3) is 0.786. The molecule has 122 valence electrons. The van der Waals surface area contributed by atoms with E-state index >= 15 is 0 Å². The minimum atomic E-state index is -1.32. The van der Waals surface area contributed by atoms with E-state index in [0.29, 0.717) is 25.3 Å². The summed E-state index contributed by atoms with van der Waals surface area (Å²) in [6, 6.07) is -0.576. The Bertz CT molecular complexity index is 384. The zero-order valence-electron chi connectivity index (χ0n) is 13.5. The van der Waals surface area contributed by atoms with E-state index in [-0.39, 0.29) is 12.5 Å². The second kappa shape index (κ2) is 8.49. The molecule has 1 atom stereocenters. The lowest BCUT2D eigenvalue weighted by molar-refractivity contribution is -0.144. The molecule has 0 radical (unpaired) electrons. The third-order valence-corrected chi connectivity index (χ3v) is 3.04. The number of nitrogens with zero attached hydrogens (tertiary/aromatic N) is 1. The van der Waals surface area contributed by atoms with Gasteiger partial charge in [0.15, 0.2) is 0 Å². The van der Waals surface area contributed by atoms with Crippen LogP contribution in [0.1, 0.15) is 40.5 Å². The number of carbonyl (C=O) groups is 3. The Labute approximate surface area is 126 Å². The molecule has 0 spiro atoms. The Morgan fingerprint density at radius 1 is 1.29 bits per heavy atom. The largest absolute Gasteiger partial charge is 0.480 e. The van der Waals surface area contributed by atoms with Crippen molar-refractivity contribution in [3.63, 3.8) is 0 Å². The van der Waals surface area contributed by atoms with Crippen molar-refractivity contribution < 1.29 is 19.5 Å². The molecule has 3 amide bonds. The van der Waals surface area contributed by atoms with Gasteiger partial charge in [0.05, 0.1) is 0 Å². The van der Waals surface area contributed by atoms with Crippen LogP contribution in [0.5, 0.6) is 0 Å². The van der Waals surface area contributed by atoms with E-state index in [9.17, 15) is 19.5 Å². The van der Waals surface area contributed by atoms with Crippen molar-refractivity contribution >= 4 is 17.9 Å². The highest BCUT2D eigenvalue weighted by Crippen LogP contribution is 2.13. The highest BCUT2D eigenvalue weighted by Gasteiger charge is 2.34. The number of carboxylic acid groups (broad SMARTS) is 1. The maximum absolute atomic E-state index is 12.0. The molecule has 0 aliphatic carbocycles. The number of nitrogens with one attached hydrogen (secondary N) is 2. The first-order valence-corrected chi connectivity index (χ1v) is 7.15. The molecule has 0 bridgehead atoms. The molecule has 21 heavy (non-hydrogen) atoms. The predicted octanol–water partition coefficient (Wildman–Crippen LogP) is 1.04. The molecule has 0 aliphatic heterocycles. The van der Waals surface area contributed by atoms with Crippen LogP contribution in [0.25, 0.3) is 0 Å². The number of urea groups is 1. The van der Waals surface area contributed by atoms with Crippen molar-refractivity contribution in [2.24, 2.45) is 5.92 Å². The van der Waals surface area contributed by atoms with Gasteiger partial charge < -0.3 is 20.6 Å². The summed E-state index contributed by atoms with van der Waals surface area (Å²) in [7, 11) is 1.46. The minimum absolute atomic E-state index is 0.111. The maximum Gasteiger partial charge on any atom is 0.329 e. The van der Waals surface area contributed by atoms with Crippen LogP contribution in [-0.4, -0.2) is 53.6 Å². The lowest BCUT2D eigenvalue weighted by Gasteiger charge is -2.28. The van der Waals surface area contributed by atoms with Crippen molar-refractivity contribution in [3.05, 3.63) is 0 Å². The number of amides is 3. The molecule has 0 saturated heterocycles. The van der Waals surface area contributed by atoms with Crippen LogP contribution in [-0.2, 0) is 9.59 Å². The third-order valence-electron chi connectivity index (χ3n) is 3.04. The van der Waals surface area contributed by atoms with Gasteiger partial charge in [-0.15, -0.1) is 0 Å². The van der Waals surface area contributed by atoms with Gasteiger partial charge in [0.1, 0.15) is 12.1 Å². The summed E-state index contributed by atoms with van der Waals surface area (Å²) < 4.78 is 0. The van der Waals surface area contributed by atoms with Crippen molar-refractivity contribution in [1.29, 1.82) is 0 Å². The van der Waals surface area contributed by atoms with Crippen LogP contribution in [0, 0.1) is 5.92 Å². The molecule has 0 rings (SSSR count). The van der Waals surface area contributed by atoms with E-state index in [0.717, 1.165) is 0 Å². The van der Waals surface area contributed by atoms with Gasteiger partial charge in [-0.25, -0.2) is 9.59 Å². The molecule has 0 aromatic carbocycles. The predicted molar refractivity (Wildman–Crippen MR) is 80.0 cm³/mol. The summed E-state index contributed by atoms with van der Waals surface area (Å²) in [6.07, 6.45) is 0.948. The SMILES string of the molecule is CCCC(C)(NC(=O)N(C)CC(=O)NCC(C)C)C(=O)O. The first kappa shape index (κ1) is 19.2. The second-order valence-corrected chi connectivity index (χ2v) is 5.87. The van der Waals surface area contributed by atoms with Gasteiger partial charge in [-0.3, -0.25) is 4.79 Å². The lowest BCUT2D eigenvalue weighted by Crippen LogP contribution is -2.56. The summed E-state index contributed by atoms with van der Waals surface area (Å²) in [4.78, 5) is 36.1. The topological polar surface area (TPSA) is 98.7 Å². The second-order valence-electron chi connectivity index (χ2n) is 5.87. The summed E-state index contributed by atoms with van der Waals surface area (Å²) >= 11 is 0. The van der Waals surface area contributed by atoms with Crippen LogP contribution in [0.2, 0.25) is 0 Å². The van der Waals surface area contributed by atoms with Gasteiger partial charge in [-0.05, 0) is 19.3 Å². The Morgan fingerprint density at radius 3 is 2.29 bits per heavy atom. The van der Waals surface area contributed by atoms with Crippen LogP contribution >= 0.6 is 0 Å². The highest BCUT2D eigenvalue weighted by molar-refractivity contribution is 5.88. The molecule has 3 N–H and O–H groups in total. The van der Waals surface area contributed by atoms with Gasteiger partial charge in [-0.1, -0.05) is 27.2 Å². The zero-order valence-corrected chi connectivity index (χ0v) is 13.5. The van der Waals surface area contributed by atoms with E-state index < -0.39 is 17.5 Å². The van der Waals surface area contributed by atoms with Gasteiger partial charge in [0.2, 0.25) is 5.91 Å². The molecule has 7 heteroatoms.